The molecule has 0 radical (unpaired) electrons. The number of carbonyl (C=O) groups is 2. The summed E-state index contributed by atoms with van der Waals surface area (Å²) in [4.78, 5) is 42.0. The van der Waals surface area contributed by atoms with Gasteiger partial charge in [0.05, 0.1) is 23.1 Å². The smallest absolute Gasteiger partial charge is 0.328 e. The summed E-state index contributed by atoms with van der Waals surface area (Å²) in [6.45, 7) is 0. The minimum absolute atomic E-state index is 0.0787. The number of fused-ring (bicyclic) bond motifs is 1. The summed E-state index contributed by atoms with van der Waals surface area (Å²) in [5.74, 6) is -1.71. The SMILES string of the molecule is CN1OC(=O)c2ccc([N+](=O)[O-])cc2C(=O)O1. The average Bonchev–Trinajstić information content (AvgIpc) is 2.36. The average molecular weight is 238 g/mol. The lowest BCUT2D eigenvalue weighted by atomic mass is 10.1. The minimum Gasteiger partial charge on any atom is -0.328 e. The molecule has 1 aromatic carbocycles. The normalized spacial score (nSPS) is 15.6. The van der Waals surface area contributed by atoms with Crippen LogP contribution in [0.4, 0.5) is 5.69 Å². The number of hydrogen-bond acceptors (Lipinski definition) is 7. The third-order valence-corrected chi connectivity index (χ3v) is 2.08. The minimum atomic E-state index is -0.892. The molecule has 2 rings (SSSR count). The Bertz CT molecular complexity index is 526. The van der Waals surface area contributed by atoms with Crippen LogP contribution in [0.15, 0.2) is 18.2 Å². The fourth-order valence-corrected chi connectivity index (χ4v) is 1.34. The summed E-state index contributed by atoms with van der Waals surface area (Å²) in [7, 11) is 1.22. The molecule has 0 atom stereocenters. The van der Waals surface area contributed by atoms with Crippen molar-refractivity contribution in [2.45, 2.75) is 0 Å². The van der Waals surface area contributed by atoms with Gasteiger partial charge in [0, 0.05) is 17.4 Å². The van der Waals surface area contributed by atoms with E-state index in [4.69, 9.17) is 0 Å². The zero-order valence-electron chi connectivity index (χ0n) is 8.58. The third-order valence-electron chi connectivity index (χ3n) is 2.08. The van der Waals surface area contributed by atoms with E-state index < -0.39 is 16.9 Å². The van der Waals surface area contributed by atoms with Gasteiger partial charge in [-0.25, -0.2) is 9.59 Å². The highest BCUT2D eigenvalue weighted by molar-refractivity contribution is 6.04. The second-order valence-corrected chi connectivity index (χ2v) is 3.18. The van der Waals surface area contributed by atoms with E-state index in [9.17, 15) is 19.7 Å². The number of rotatable bonds is 1. The Morgan fingerprint density at radius 1 is 1.18 bits per heavy atom. The molecule has 0 amide bonds. The summed E-state index contributed by atoms with van der Waals surface area (Å²) in [6.07, 6.45) is 0. The highest BCUT2D eigenvalue weighted by atomic mass is 17.0. The largest absolute Gasteiger partial charge is 0.361 e. The Morgan fingerprint density at radius 3 is 2.35 bits per heavy atom. The summed E-state index contributed by atoms with van der Waals surface area (Å²) < 4.78 is 0. The van der Waals surface area contributed by atoms with E-state index in [1.165, 1.54) is 7.05 Å². The molecule has 0 unspecified atom stereocenters. The van der Waals surface area contributed by atoms with Crippen LogP contribution in [0, 0.1) is 10.1 Å². The van der Waals surface area contributed by atoms with Crippen molar-refractivity contribution in [1.29, 1.82) is 0 Å². The molecule has 1 aliphatic rings. The Labute approximate surface area is 94.4 Å². The van der Waals surface area contributed by atoms with Crippen LogP contribution in [-0.4, -0.2) is 29.1 Å². The van der Waals surface area contributed by atoms with E-state index in [1.807, 2.05) is 0 Å². The number of carbonyl (C=O) groups excluding carboxylic acids is 2. The van der Waals surface area contributed by atoms with Gasteiger partial charge in [0.25, 0.3) is 5.69 Å². The van der Waals surface area contributed by atoms with Crippen molar-refractivity contribution < 1.29 is 24.2 Å². The quantitative estimate of drug-likeness (QED) is 0.524. The number of nitro benzene ring substituents is 1. The van der Waals surface area contributed by atoms with E-state index in [0.717, 1.165) is 18.2 Å². The van der Waals surface area contributed by atoms with Crippen molar-refractivity contribution >= 4 is 17.6 Å². The standard InChI is InChI=1S/C9H6N2O6/c1-10-16-8(12)6-3-2-5(11(14)15)4-7(6)9(13)17-10/h2-4H,1H3. The predicted molar refractivity (Wildman–Crippen MR) is 51.7 cm³/mol. The molecule has 8 nitrogen and oxygen atoms in total. The van der Waals surface area contributed by atoms with Crippen molar-refractivity contribution in [3.63, 3.8) is 0 Å². The molecule has 0 fully saturated rings. The van der Waals surface area contributed by atoms with Gasteiger partial charge >= 0.3 is 11.9 Å². The van der Waals surface area contributed by atoms with Gasteiger partial charge in [-0.1, -0.05) is 0 Å². The molecule has 1 heterocycles. The zero-order valence-corrected chi connectivity index (χ0v) is 8.58. The number of nitrogens with zero attached hydrogens (tertiary/aromatic N) is 2. The highest BCUT2D eigenvalue weighted by Gasteiger charge is 2.29. The topological polar surface area (TPSA) is 99.0 Å². The molecule has 0 saturated carbocycles. The number of non-ortho nitro benzene ring substituents is 1. The molecule has 17 heavy (non-hydrogen) atoms. The molecule has 1 aliphatic heterocycles. The number of hydroxylamine groups is 2. The highest BCUT2D eigenvalue weighted by Crippen LogP contribution is 2.22. The van der Waals surface area contributed by atoms with Crippen LogP contribution in [0.25, 0.3) is 0 Å². The van der Waals surface area contributed by atoms with Gasteiger partial charge in [0.1, 0.15) is 0 Å². The van der Waals surface area contributed by atoms with Crippen LogP contribution in [-0.2, 0) is 9.68 Å². The lowest BCUT2D eigenvalue weighted by molar-refractivity contribution is -0.384. The molecule has 8 heteroatoms. The van der Waals surface area contributed by atoms with Gasteiger partial charge in [-0.05, 0) is 6.07 Å². The molecular formula is C9H6N2O6. The van der Waals surface area contributed by atoms with Gasteiger partial charge < -0.3 is 9.68 Å². The lowest BCUT2D eigenvalue weighted by Crippen LogP contribution is -2.22. The van der Waals surface area contributed by atoms with Crippen LogP contribution >= 0.6 is 0 Å². The summed E-state index contributed by atoms with van der Waals surface area (Å²) in [5.41, 5.74) is -0.587. The molecule has 0 aromatic heterocycles. The first-order valence-corrected chi connectivity index (χ1v) is 4.46. The summed E-state index contributed by atoms with van der Waals surface area (Å²) in [5, 5.41) is 11.1. The van der Waals surface area contributed by atoms with Crippen LogP contribution in [0.1, 0.15) is 20.7 Å². The first kappa shape index (κ1) is 11.0. The van der Waals surface area contributed by atoms with Gasteiger partial charge in [-0.3, -0.25) is 10.1 Å². The Kier molecular flexibility index (Phi) is 2.48. The second kappa shape index (κ2) is 3.83. The maximum Gasteiger partial charge on any atom is 0.361 e. The van der Waals surface area contributed by atoms with Crippen LogP contribution < -0.4 is 0 Å². The van der Waals surface area contributed by atoms with Crippen LogP contribution in [0.5, 0.6) is 0 Å². The number of hydrogen-bond donors (Lipinski definition) is 0. The molecule has 88 valence electrons. The fraction of sp³-hybridized carbons (Fsp3) is 0.111. The second-order valence-electron chi connectivity index (χ2n) is 3.18. The van der Waals surface area contributed by atoms with E-state index >= 15 is 0 Å². The molecular weight excluding hydrogens is 232 g/mol. The third kappa shape index (κ3) is 1.93. The maximum absolute atomic E-state index is 11.5. The Hall–Kier alpha value is -2.48. The fourth-order valence-electron chi connectivity index (χ4n) is 1.34. The van der Waals surface area contributed by atoms with Crippen molar-refractivity contribution in [2.24, 2.45) is 0 Å². The van der Waals surface area contributed by atoms with Crippen molar-refractivity contribution in [2.75, 3.05) is 7.05 Å². The lowest BCUT2D eigenvalue weighted by Gasteiger charge is -2.09. The van der Waals surface area contributed by atoms with E-state index in [0.29, 0.717) is 5.23 Å². The van der Waals surface area contributed by atoms with Crippen molar-refractivity contribution in [1.82, 2.24) is 5.23 Å². The monoisotopic (exact) mass is 238 g/mol. The van der Waals surface area contributed by atoms with E-state index in [-0.39, 0.29) is 16.8 Å². The maximum atomic E-state index is 11.5. The van der Waals surface area contributed by atoms with Gasteiger partial charge in [0.2, 0.25) is 0 Å². The molecule has 0 bridgehead atoms. The van der Waals surface area contributed by atoms with Gasteiger partial charge in [0.15, 0.2) is 0 Å². The van der Waals surface area contributed by atoms with Crippen molar-refractivity contribution in [3.8, 4) is 0 Å². The first-order valence-electron chi connectivity index (χ1n) is 4.46. The summed E-state index contributed by atoms with van der Waals surface area (Å²) in [6, 6.07) is 3.23. The zero-order chi connectivity index (χ0) is 12.6. The van der Waals surface area contributed by atoms with Crippen LogP contribution in [0.3, 0.4) is 0 Å². The van der Waals surface area contributed by atoms with E-state index in [2.05, 4.69) is 9.68 Å². The van der Waals surface area contributed by atoms with Gasteiger partial charge in [-0.15, -0.1) is 0 Å². The van der Waals surface area contributed by atoms with Crippen molar-refractivity contribution in [3.05, 3.63) is 39.4 Å². The Morgan fingerprint density at radius 2 is 1.76 bits per heavy atom. The first-order chi connectivity index (χ1) is 7.99. The summed E-state index contributed by atoms with van der Waals surface area (Å²) >= 11 is 0. The molecule has 0 saturated heterocycles. The molecule has 0 N–H and O–H groups in total. The van der Waals surface area contributed by atoms with Gasteiger partial charge in [-0.2, -0.15) is 0 Å². The molecule has 1 aromatic rings. The van der Waals surface area contributed by atoms with Crippen LogP contribution in [0.2, 0.25) is 0 Å². The number of nitro groups is 1. The van der Waals surface area contributed by atoms with E-state index in [1.54, 1.807) is 0 Å². The molecule has 0 spiro atoms. The molecule has 0 aliphatic carbocycles. The predicted octanol–water partition coefficient (Wildman–Crippen LogP) is 0.684. The number of benzene rings is 1. The Balaban J connectivity index is 2.56.